The predicted octanol–water partition coefficient (Wildman–Crippen LogP) is 2.59. The number of nitrogens with one attached hydrogen (secondary N) is 3. The fourth-order valence-electron chi connectivity index (χ4n) is 2.78. The van der Waals surface area contributed by atoms with Crippen molar-refractivity contribution in [3.63, 3.8) is 0 Å². The number of H-pyrrole nitrogens is 1. The molecule has 1 aromatic heterocycles. The van der Waals surface area contributed by atoms with Gasteiger partial charge < -0.3 is 20.4 Å². The van der Waals surface area contributed by atoms with Crippen LogP contribution in [-0.4, -0.2) is 41.4 Å². The summed E-state index contributed by atoms with van der Waals surface area (Å²) in [6.45, 7) is 1.94. The second-order valence-electron chi connectivity index (χ2n) is 6.59. The molecule has 0 atom stereocenters. The lowest BCUT2D eigenvalue weighted by atomic mass is 10.2. The maximum Gasteiger partial charge on any atom is 0.337 e. The summed E-state index contributed by atoms with van der Waals surface area (Å²) < 4.78 is 4.63. The maximum absolute atomic E-state index is 12.3. The van der Waals surface area contributed by atoms with Crippen LogP contribution in [0.25, 0.3) is 11.0 Å². The van der Waals surface area contributed by atoms with E-state index in [1.165, 1.54) is 13.2 Å². The first-order chi connectivity index (χ1) is 14.5. The highest BCUT2D eigenvalue weighted by Crippen LogP contribution is 2.12. The van der Waals surface area contributed by atoms with Crippen LogP contribution in [0.1, 0.15) is 23.1 Å². The van der Waals surface area contributed by atoms with Gasteiger partial charge >= 0.3 is 5.97 Å². The Morgan fingerprint density at radius 1 is 1.10 bits per heavy atom. The van der Waals surface area contributed by atoms with Crippen LogP contribution < -0.4 is 10.6 Å². The summed E-state index contributed by atoms with van der Waals surface area (Å²) >= 11 is 0. The minimum absolute atomic E-state index is 0.258. The van der Waals surface area contributed by atoms with E-state index in [1.54, 1.807) is 31.2 Å². The Kier molecular flexibility index (Phi) is 6.59. The molecule has 0 bridgehead atoms. The van der Waals surface area contributed by atoms with Crippen molar-refractivity contribution in [3.05, 3.63) is 71.6 Å². The number of benzene rings is 2. The molecule has 3 N–H and O–H groups in total. The Morgan fingerprint density at radius 2 is 1.83 bits per heavy atom. The van der Waals surface area contributed by atoms with Crippen molar-refractivity contribution in [2.75, 3.05) is 19.0 Å². The number of amides is 2. The molecule has 0 saturated heterocycles. The van der Waals surface area contributed by atoms with E-state index in [0.717, 1.165) is 16.9 Å². The third kappa shape index (κ3) is 5.32. The molecule has 0 aliphatic rings. The van der Waals surface area contributed by atoms with E-state index in [9.17, 15) is 14.4 Å². The molecule has 1 heterocycles. The first-order valence-corrected chi connectivity index (χ1v) is 9.36. The largest absolute Gasteiger partial charge is 0.465 e. The summed E-state index contributed by atoms with van der Waals surface area (Å²) in [7, 11) is 1.30. The quantitative estimate of drug-likeness (QED) is 0.412. The highest BCUT2D eigenvalue weighted by Gasteiger charge is 2.09. The Labute approximate surface area is 173 Å². The van der Waals surface area contributed by atoms with Crippen LogP contribution in [0.4, 0.5) is 5.69 Å². The number of carbonyl (C=O) groups is 3. The minimum Gasteiger partial charge on any atom is -0.465 e. The van der Waals surface area contributed by atoms with Gasteiger partial charge in [0.25, 0.3) is 5.91 Å². The van der Waals surface area contributed by atoms with Crippen LogP contribution >= 0.6 is 0 Å². The van der Waals surface area contributed by atoms with E-state index in [-0.39, 0.29) is 11.5 Å². The Hall–Kier alpha value is -3.94. The number of anilines is 1. The van der Waals surface area contributed by atoms with Crippen LogP contribution in [0.2, 0.25) is 0 Å². The molecule has 8 heteroatoms. The molecular weight excluding hydrogens is 384 g/mol. The average Bonchev–Trinajstić information content (AvgIpc) is 3.16. The third-order valence-electron chi connectivity index (χ3n) is 4.37. The van der Waals surface area contributed by atoms with Gasteiger partial charge in [0.1, 0.15) is 5.82 Å². The number of fused-ring (bicyclic) bond motifs is 1. The van der Waals surface area contributed by atoms with Crippen molar-refractivity contribution in [1.82, 2.24) is 15.3 Å². The maximum atomic E-state index is 12.3. The first-order valence-electron chi connectivity index (χ1n) is 9.36. The van der Waals surface area contributed by atoms with Crippen molar-refractivity contribution in [2.24, 2.45) is 0 Å². The predicted molar refractivity (Wildman–Crippen MR) is 113 cm³/mol. The molecule has 0 saturated carbocycles. The molecule has 8 nitrogen and oxygen atoms in total. The summed E-state index contributed by atoms with van der Waals surface area (Å²) in [5.41, 5.74) is 2.97. The van der Waals surface area contributed by atoms with Crippen LogP contribution in [0.3, 0.4) is 0 Å². The van der Waals surface area contributed by atoms with E-state index in [1.807, 2.05) is 24.3 Å². The van der Waals surface area contributed by atoms with Gasteiger partial charge in [-0.05, 0) is 43.3 Å². The van der Waals surface area contributed by atoms with Crippen LogP contribution in [-0.2, 0) is 20.7 Å². The zero-order valence-electron chi connectivity index (χ0n) is 16.7. The lowest BCUT2D eigenvalue weighted by molar-refractivity contribution is -0.117. The van der Waals surface area contributed by atoms with Gasteiger partial charge in [0.05, 0.1) is 23.7 Å². The summed E-state index contributed by atoms with van der Waals surface area (Å²) in [6.07, 6.45) is 1.79. The van der Waals surface area contributed by atoms with E-state index in [0.29, 0.717) is 24.2 Å². The van der Waals surface area contributed by atoms with Crippen LogP contribution in [0.15, 0.2) is 60.2 Å². The van der Waals surface area contributed by atoms with Crippen LogP contribution in [0, 0.1) is 0 Å². The highest BCUT2D eigenvalue weighted by atomic mass is 16.5. The molecule has 0 spiro atoms. The minimum atomic E-state index is -0.455. The molecule has 3 aromatic rings. The molecule has 2 amide bonds. The monoisotopic (exact) mass is 406 g/mol. The summed E-state index contributed by atoms with van der Waals surface area (Å²) in [6, 6.07) is 14.0. The number of imidazole rings is 1. The van der Waals surface area contributed by atoms with Gasteiger partial charge in [0.2, 0.25) is 5.91 Å². The lowest BCUT2D eigenvalue weighted by Gasteiger charge is -2.07. The van der Waals surface area contributed by atoms with Gasteiger partial charge in [-0.3, -0.25) is 9.59 Å². The number of rotatable bonds is 7. The molecule has 2 aromatic carbocycles. The number of aromatic nitrogens is 2. The summed E-state index contributed by atoms with van der Waals surface area (Å²) in [4.78, 5) is 43.4. The molecule has 0 radical (unpaired) electrons. The highest BCUT2D eigenvalue weighted by molar-refractivity contribution is 6.07. The van der Waals surface area contributed by atoms with Gasteiger partial charge in [-0.2, -0.15) is 0 Å². The van der Waals surface area contributed by atoms with Crippen LogP contribution in [0.5, 0.6) is 0 Å². The Bertz CT molecular complexity index is 1070. The second-order valence-corrected chi connectivity index (χ2v) is 6.59. The Balaban J connectivity index is 1.49. The van der Waals surface area contributed by atoms with Crippen molar-refractivity contribution in [1.29, 1.82) is 0 Å². The first kappa shape index (κ1) is 20.8. The molecule has 154 valence electrons. The lowest BCUT2D eigenvalue weighted by Crippen LogP contribution is -2.25. The van der Waals surface area contributed by atoms with Crippen molar-refractivity contribution in [2.45, 2.75) is 13.3 Å². The number of hydrogen-bond donors (Lipinski definition) is 3. The van der Waals surface area contributed by atoms with Gasteiger partial charge in [-0.25, -0.2) is 9.78 Å². The van der Waals surface area contributed by atoms with Crippen molar-refractivity contribution in [3.8, 4) is 0 Å². The van der Waals surface area contributed by atoms with E-state index in [4.69, 9.17) is 0 Å². The zero-order chi connectivity index (χ0) is 21.5. The zero-order valence-corrected chi connectivity index (χ0v) is 16.7. The molecule has 3 rings (SSSR count). The fourth-order valence-corrected chi connectivity index (χ4v) is 2.78. The number of methoxy groups -OCH3 is 1. The number of esters is 1. The summed E-state index contributed by atoms with van der Waals surface area (Å²) in [5.74, 6) is -0.443. The molecular formula is C22H22N4O4. The smallest absolute Gasteiger partial charge is 0.337 e. The average molecular weight is 406 g/mol. The van der Waals surface area contributed by atoms with E-state index < -0.39 is 11.9 Å². The number of aromatic amines is 1. The second kappa shape index (κ2) is 9.51. The fraction of sp³-hybridized carbons (Fsp3) is 0.182. The SMILES string of the molecule is COC(=O)c1ccc(NC(=O)/C(C)=C/C(=O)NCCc2nc3ccccc3[nH]2)cc1. The normalized spacial score (nSPS) is 11.2. The topological polar surface area (TPSA) is 113 Å². The van der Waals surface area contributed by atoms with Crippen molar-refractivity contribution < 1.29 is 19.1 Å². The van der Waals surface area contributed by atoms with E-state index >= 15 is 0 Å². The molecule has 0 fully saturated rings. The van der Waals surface area contributed by atoms with Crippen molar-refractivity contribution >= 4 is 34.5 Å². The number of para-hydroxylation sites is 2. The molecule has 0 aliphatic heterocycles. The van der Waals surface area contributed by atoms with Gasteiger partial charge in [0.15, 0.2) is 0 Å². The van der Waals surface area contributed by atoms with E-state index in [2.05, 4.69) is 25.3 Å². The summed E-state index contributed by atoms with van der Waals surface area (Å²) in [5, 5.41) is 5.42. The number of carbonyl (C=O) groups excluding carboxylic acids is 3. The third-order valence-corrected chi connectivity index (χ3v) is 4.37. The standard InChI is InChI=1S/C22H22N4O4/c1-14(21(28)24-16-9-7-15(8-10-16)22(29)30-2)13-20(27)23-12-11-19-25-17-5-3-4-6-18(17)26-19/h3-10,13H,11-12H2,1-2H3,(H,23,27)(H,24,28)(H,25,26)/b14-13+. The van der Waals surface area contributed by atoms with Gasteiger partial charge in [-0.1, -0.05) is 12.1 Å². The number of nitrogens with zero attached hydrogens (tertiary/aromatic N) is 1. The van der Waals surface area contributed by atoms with Gasteiger partial charge in [0, 0.05) is 30.3 Å². The Morgan fingerprint density at radius 3 is 2.53 bits per heavy atom. The number of hydrogen-bond acceptors (Lipinski definition) is 5. The molecule has 30 heavy (non-hydrogen) atoms. The molecule has 0 aliphatic carbocycles. The van der Waals surface area contributed by atoms with Gasteiger partial charge in [-0.15, -0.1) is 0 Å². The molecule has 0 unspecified atom stereocenters. The number of ether oxygens (including phenoxy) is 1.